The molecular formula is C52H44Br5F4N3O9. The second-order valence-electron chi connectivity index (χ2n) is 15.6. The van der Waals surface area contributed by atoms with E-state index in [9.17, 15) is 51.4 Å². The fraction of sp³-hybridized carbons (Fsp3) is 0.192. The molecule has 8 rings (SSSR count). The van der Waals surface area contributed by atoms with Gasteiger partial charge in [-0.3, -0.25) is 28.9 Å². The third-order valence-electron chi connectivity index (χ3n) is 10.1. The van der Waals surface area contributed by atoms with Gasteiger partial charge in [-0.2, -0.15) is 0 Å². The number of amides is 3. The molecule has 2 heterocycles. The van der Waals surface area contributed by atoms with Gasteiger partial charge >= 0.3 is 17.9 Å². The van der Waals surface area contributed by atoms with Crippen LogP contribution in [-0.4, -0.2) is 62.7 Å². The fourth-order valence-corrected chi connectivity index (χ4v) is 7.94. The Kier molecular flexibility index (Phi) is 23.6. The van der Waals surface area contributed by atoms with E-state index in [-0.39, 0.29) is 48.9 Å². The highest BCUT2D eigenvalue weighted by Crippen LogP contribution is 2.27. The van der Waals surface area contributed by atoms with Gasteiger partial charge in [-0.1, -0.05) is 76.6 Å². The molecule has 21 heteroatoms. The molecule has 3 amide bonds. The summed E-state index contributed by atoms with van der Waals surface area (Å²) < 4.78 is 62.8. The molecular weight excluding hydrogens is 1290 g/mol. The Hall–Kier alpha value is -5.58. The van der Waals surface area contributed by atoms with Crippen molar-refractivity contribution in [3.8, 4) is 0 Å². The van der Waals surface area contributed by atoms with Crippen LogP contribution < -0.4 is 5.73 Å². The van der Waals surface area contributed by atoms with Crippen molar-refractivity contribution in [1.82, 2.24) is 9.80 Å². The molecule has 2 aliphatic heterocycles. The van der Waals surface area contributed by atoms with E-state index in [0.717, 1.165) is 46.6 Å². The zero-order valence-corrected chi connectivity index (χ0v) is 46.8. The van der Waals surface area contributed by atoms with Gasteiger partial charge in [0.1, 0.15) is 23.3 Å². The van der Waals surface area contributed by atoms with Crippen molar-refractivity contribution in [3.05, 3.63) is 207 Å². The van der Waals surface area contributed by atoms with Gasteiger partial charge in [-0.25, -0.2) is 22.4 Å². The van der Waals surface area contributed by atoms with Crippen molar-refractivity contribution in [3.63, 3.8) is 0 Å². The number of carboxylic acids is 1. The molecule has 0 aromatic heterocycles. The lowest BCUT2D eigenvalue weighted by atomic mass is 10.1. The van der Waals surface area contributed by atoms with Crippen molar-refractivity contribution in [2.45, 2.75) is 64.5 Å². The summed E-state index contributed by atoms with van der Waals surface area (Å²) in [6.45, 7) is 4.89. The van der Waals surface area contributed by atoms with Gasteiger partial charge in [0, 0.05) is 38.8 Å². The number of alkyl halides is 1. The SMILES string of the molecule is CC(=O)O[C@@H](C(=O)O)[C@@H](OC(C)=O)C(=O)N1Cc2ccccc2C1.Cc1ccc(Br)c(F)c1.Fc1cc(CBr)ccc1Br.NCc1ccc(Br)c(F)c1.O=C1c2ccccc2C(=O)N1Cc1ccc(Br)c(F)c1. The largest absolute Gasteiger partial charge is 0.478 e. The molecule has 73 heavy (non-hydrogen) atoms. The number of esters is 2. The summed E-state index contributed by atoms with van der Waals surface area (Å²) in [5, 5.41) is 9.92. The number of fused-ring (bicyclic) bond motifs is 2. The summed E-state index contributed by atoms with van der Waals surface area (Å²) in [6.07, 6.45) is -3.64. The average Bonchev–Trinajstić information content (AvgIpc) is 3.90. The number of rotatable bonds is 9. The molecule has 6 aromatic carbocycles. The molecule has 0 unspecified atom stereocenters. The molecule has 0 saturated carbocycles. The third-order valence-corrected chi connectivity index (χ3v) is 13.4. The molecule has 2 atom stereocenters. The quantitative estimate of drug-likeness (QED) is 0.0614. The lowest BCUT2D eigenvalue weighted by Crippen LogP contribution is -2.50. The van der Waals surface area contributed by atoms with Gasteiger partial charge in [0.2, 0.25) is 12.2 Å². The second kappa shape index (κ2) is 28.8. The molecule has 6 aromatic rings. The van der Waals surface area contributed by atoms with Crippen LogP contribution in [0.2, 0.25) is 0 Å². The van der Waals surface area contributed by atoms with E-state index in [0.29, 0.717) is 46.5 Å². The number of ether oxygens (including phenoxy) is 2. The highest BCUT2D eigenvalue weighted by Gasteiger charge is 2.43. The van der Waals surface area contributed by atoms with Crippen LogP contribution in [0.5, 0.6) is 0 Å². The average molecular weight is 1330 g/mol. The zero-order valence-electron chi connectivity index (χ0n) is 38.8. The standard InChI is InChI=1S/C16H17NO7.C15H9BrFNO2.C7H5Br2F.C7H7BrFN.C7H6BrF/c1-9(18)23-13(14(16(21)22)24-10(2)19)15(20)17-7-11-5-3-4-6-12(11)8-17;16-12-6-5-9(7-13(12)17)8-18-14(19)10-3-1-2-4-11(10)15(18)20;8-4-5-1-2-6(9)7(10)3-5;8-6-2-1-5(4-10)3-7(6)9;1-5-2-3-6(8)7(9)4-5/h3-6,13-14H,7-8H2,1-2H3,(H,21,22);1-7H,8H2;1-3H,4H2;1-3H,4,10H2;2-4H,1H3/t13-,14-;;;;/m1..../s1. The highest BCUT2D eigenvalue weighted by molar-refractivity contribution is 9.11. The third kappa shape index (κ3) is 17.8. The van der Waals surface area contributed by atoms with E-state index in [1.165, 1.54) is 29.2 Å². The Bertz CT molecular complexity index is 2880. The lowest BCUT2D eigenvalue weighted by Gasteiger charge is -2.26. The molecule has 2 aliphatic rings. The smallest absolute Gasteiger partial charge is 0.349 e. The predicted molar refractivity (Wildman–Crippen MR) is 282 cm³/mol. The summed E-state index contributed by atoms with van der Waals surface area (Å²) in [5.41, 5.74) is 11.2. The van der Waals surface area contributed by atoms with Gasteiger partial charge in [0.05, 0.1) is 35.6 Å². The molecule has 12 nitrogen and oxygen atoms in total. The molecule has 0 saturated heterocycles. The van der Waals surface area contributed by atoms with Crippen molar-refractivity contribution in [2.24, 2.45) is 5.73 Å². The number of carboxylic acid groups (broad SMARTS) is 1. The number of imide groups is 1. The number of aliphatic carboxylic acids is 1. The number of nitrogens with zero attached hydrogens (tertiary/aromatic N) is 2. The van der Waals surface area contributed by atoms with Crippen LogP contribution in [-0.2, 0) is 60.2 Å². The molecule has 0 radical (unpaired) electrons. The maximum absolute atomic E-state index is 13.5. The minimum absolute atomic E-state index is 0.0660. The molecule has 0 fully saturated rings. The Balaban J connectivity index is 0.000000210. The maximum Gasteiger partial charge on any atom is 0.349 e. The van der Waals surface area contributed by atoms with Crippen molar-refractivity contribution >= 4 is 115 Å². The highest BCUT2D eigenvalue weighted by atomic mass is 79.9. The van der Waals surface area contributed by atoms with Crippen molar-refractivity contribution in [2.75, 3.05) is 0 Å². The zero-order chi connectivity index (χ0) is 54.1. The summed E-state index contributed by atoms with van der Waals surface area (Å²) in [4.78, 5) is 73.2. The monoisotopic (exact) mass is 1320 g/mol. The van der Waals surface area contributed by atoms with Gasteiger partial charge in [-0.05, 0) is 165 Å². The van der Waals surface area contributed by atoms with E-state index >= 15 is 0 Å². The Morgan fingerprint density at radius 3 is 1.41 bits per heavy atom. The van der Waals surface area contributed by atoms with Crippen LogP contribution in [0.25, 0.3) is 0 Å². The molecule has 0 bridgehead atoms. The number of hydrogen-bond acceptors (Lipinski definition) is 9. The minimum Gasteiger partial charge on any atom is -0.478 e. The van der Waals surface area contributed by atoms with E-state index in [2.05, 4.69) is 84.4 Å². The number of carbonyl (C=O) groups is 6. The van der Waals surface area contributed by atoms with Crippen LogP contribution >= 0.6 is 79.6 Å². The normalized spacial score (nSPS) is 12.7. The number of halogens is 9. The topological polar surface area (TPSA) is 174 Å². The van der Waals surface area contributed by atoms with Gasteiger partial charge < -0.3 is 25.2 Å². The van der Waals surface area contributed by atoms with E-state index in [1.54, 1.807) is 60.7 Å². The number of aryl methyl sites for hydroxylation is 1. The van der Waals surface area contributed by atoms with Gasteiger partial charge in [0.25, 0.3) is 17.7 Å². The van der Waals surface area contributed by atoms with Crippen LogP contribution in [0.4, 0.5) is 17.6 Å². The van der Waals surface area contributed by atoms with E-state index in [4.69, 9.17) is 10.5 Å². The van der Waals surface area contributed by atoms with E-state index in [1.807, 2.05) is 43.3 Å². The molecule has 384 valence electrons. The van der Waals surface area contributed by atoms with E-state index < -0.39 is 41.8 Å². The lowest BCUT2D eigenvalue weighted by molar-refractivity contribution is -0.183. The Morgan fingerprint density at radius 1 is 0.603 bits per heavy atom. The van der Waals surface area contributed by atoms with Gasteiger partial charge in [-0.15, -0.1) is 0 Å². The van der Waals surface area contributed by atoms with Crippen molar-refractivity contribution in [1.29, 1.82) is 0 Å². The predicted octanol–water partition coefficient (Wildman–Crippen LogP) is 12.3. The molecule has 0 spiro atoms. The van der Waals surface area contributed by atoms with Crippen LogP contribution in [0.1, 0.15) is 67.9 Å². The fourth-order valence-electron chi connectivity index (χ4n) is 6.60. The molecule has 3 N–H and O–H groups in total. The minimum atomic E-state index is -1.90. The first kappa shape index (κ1) is 60.0. The second-order valence-corrected chi connectivity index (χ2v) is 19.6. The number of hydrogen-bond donors (Lipinski definition) is 2. The first-order valence-corrected chi connectivity index (χ1v) is 25.7. The summed E-state index contributed by atoms with van der Waals surface area (Å²) >= 11 is 15.5. The maximum atomic E-state index is 13.5. The summed E-state index contributed by atoms with van der Waals surface area (Å²) in [6, 6.07) is 33.5. The molecule has 0 aliphatic carbocycles. The number of benzene rings is 6. The van der Waals surface area contributed by atoms with Crippen LogP contribution in [0.15, 0.2) is 139 Å². The van der Waals surface area contributed by atoms with Crippen LogP contribution in [0, 0.1) is 30.2 Å². The van der Waals surface area contributed by atoms with Gasteiger partial charge in [0.15, 0.2) is 0 Å². The van der Waals surface area contributed by atoms with Crippen LogP contribution in [0.3, 0.4) is 0 Å². The summed E-state index contributed by atoms with van der Waals surface area (Å²) in [7, 11) is 0. The Morgan fingerprint density at radius 2 is 1.00 bits per heavy atom. The Labute approximate surface area is 459 Å². The first-order chi connectivity index (χ1) is 34.5. The number of nitrogens with two attached hydrogens (primary N) is 1. The number of carbonyl (C=O) groups excluding carboxylic acids is 5. The first-order valence-electron chi connectivity index (χ1n) is 21.4. The summed E-state index contributed by atoms with van der Waals surface area (Å²) in [5.74, 6) is -5.80. The van der Waals surface area contributed by atoms with Crippen molar-refractivity contribution < 1.29 is 60.9 Å².